The van der Waals surface area contributed by atoms with Gasteiger partial charge in [0.25, 0.3) is 0 Å². The molecule has 0 bridgehead atoms. The molecule has 0 N–H and O–H groups in total. The highest BCUT2D eigenvalue weighted by Gasteiger charge is 2.44. The lowest BCUT2D eigenvalue weighted by Gasteiger charge is -2.41. The van der Waals surface area contributed by atoms with E-state index in [1.165, 1.54) is 0 Å². The van der Waals surface area contributed by atoms with Gasteiger partial charge in [-0.15, -0.1) is 0 Å². The maximum atomic E-state index is 12.6. The van der Waals surface area contributed by atoms with E-state index in [1.807, 2.05) is 0 Å². The molecule has 11 heavy (non-hydrogen) atoms. The minimum absolute atomic E-state index is 0.338. The van der Waals surface area contributed by atoms with Crippen molar-refractivity contribution in [3.63, 3.8) is 0 Å². The van der Waals surface area contributed by atoms with Crippen molar-refractivity contribution in [2.24, 2.45) is 17.8 Å². The summed E-state index contributed by atoms with van der Waals surface area (Å²) in [5, 5.41) is 0. The first-order valence-corrected chi connectivity index (χ1v) is 4.29. The molecule has 2 heteroatoms. The van der Waals surface area contributed by atoms with Gasteiger partial charge >= 0.3 is 0 Å². The Balaban J connectivity index is 2.30. The highest BCUT2D eigenvalue weighted by molar-refractivity contribution is 4.87. The fourth-order valence-electron chi connectivity index (χ4n) is 1.62. The number of alkyl halides is 2. The van der Waals surface area contributed by atoms with Gasteiger partial charge in [-0.3, -0.25) is 0 Å². The second-order valence-corrected chi connectivity index (χ2v) is 4.13. The summed E-state index contributed by atoms with van der Waals surface area (Å²) in [7, 11) is 0. The van der Waals surface area contributed by atoms with Crippen LogP contribution in [0.2, 0.25) is 0 Å². The van der Waals surface area contributed by atoms with Crippen molar-refractivity contribution < 1.29 is 8.78 Å². The van der Waals surface area contributed by atoms with Gasteiger partial charge in [-0.25, -0.2) is 8.78 Å². The molecule has 0 aliphatic heterocycles. The minimum Gasteiger partial charge on any atom is -0.207 e. The molecule has 0 heterocycles. The van der Waals surface area contributed by atoms with Gasteiger partial charge in [0.1, 0.15) is 0 Å². The molecule has 0 aromatic carbocycles. The molecule has 0 aromatic heterocycles. The van der Waals surface area contributed by atoms with Crippen molar-refractivity contribution in [1.82, 2.24) is 0 Å². The van der Waals surface area contributed by atoms with Crippen LogP contribution >= 0.6 is 0 Å². The summed E-state index contributed by atoms with van der Waals surface area (Å²) in [6.45, 7) is 5.25. The van der Waals surface area contributed by atoms with Crippen LogP contribution in [-0.2, 0) is 0 Å². The number of hydrogen-bond donors (Lipinski definition) is 0. The third-order valence-corrected chi connectivity index (χ3v) is 2.83. The molecule has 1 aliphatic carbocycles. The topological polar surface area (TPSA) is 0 Å². The van der Waals surface area contributed by atoms with Crippen molar-refractivity contribution >= 4 is 0 Å². The van der Waals surface area contributed by atoms with Crippen molar-refractivity contribution in [1.29, 1.82) is 0 Å². The normalized spacial score (nSPS) is 32.2. The fourth-order valence-corrected chi connectivity index (χ4v) is 1.62. The lowest BCUT2D eigenvalue weighted by molar-refractivity contribution is -0.0972. The van der Waals surface area contributed by atoms with Gasteiger partial charge in [-0.05, 0) is 31.6 Å². The highest BCUT2D eigenvalue weighted by atomic mass is 19.3. The molecule has 66 valence electrons. The van der Waals surface area contributed by atoms with E-state index in [1.54, 1.807) is 0 Å². The molecule has 0 saturated heterocycles. The quantitative estimate of drug-likeness (QED) is 0.584. The van der Waals surface area contributed by atoms with Gasteiger partial charge in [-0.2, -0.15) is 0 Å². The Kier molecular flexibility index (Phi) is 2.22. The van der Waals surface area contributed by atoms with Crippen LogP contribution in [0.4, 0.5) is 8.78 Å². The largest absolute Gasteiger partial charge is 0.248 e. The van der Waals surface area contributed by atoms with Crippen LogP contribution < -0.4 is 0 Å². The SMILES string of the molecule is CC(C)C1CC(C(C)(F)F)C1. The standard InChI is InChI=1S/C9H16F2/c1-6(2)7-4-8(5-7)9(3,10)11/h6-8H,4-5H2,1-3H3. The average Bonchev–Trinajstić information content (AvgIpc) is 1.51. The molecule has 0 amide bonds. The zero-order chi connectivity index (χ0) is 8.65. The summed E-state index contributed by atoms with van der Waals surface area (Å²) >= 11 is 0. The van der Waals surface area contributed by atoms with Crippen molar-refractivity contribution in [2.45, 2.75) is 39.5 Å². The first kappa shape index (κ1) is 8.95. The van der Waals surface area contributed by atoms with E-state index in [0.717, 1.165) is 19.8 Å². The summed E-state index contributed by atoms with van der Waals surface area (Å²) in [6.07, 6.45) is 1.45. The average molecular weight is 162 g/mol. The third-order valence-electron chi connectivity index (χ3n) is 2.83. The van der Waals surface area contributed by atoms with Crippen LogP contribution in [0.5, 0.6) is 0 Å². The van der Waals surface area contributed by atoms with Gasteiger partial charge in [0, 0.05) is 5.92 Å². The third kappa shape index (κ3) is 1.91. The second kappa shape index (κ2) is 2.72. The molecular formula is C9H16F2. The van der Waals surface area contributed by atoms with E-state index in [2.05, 4.69) is 13.8 Å². The predicted molar refractivity (Wildman–Crippen MR) is 41.7 cm³/mol. The molecule has 0 radical (unpaired) electrons. The van der Waals surface area contributed by atoms with Crippen molar-refractivity contribution in [2.75, 3.05) is 0 Å². The molecule has 1 saturated carbocycles. The number of halogens is 2. The highest BCUT2D eigenvalue weighted by Crippen LogP contribution is 2.46. The van der Waals surface area contributed by atoms with Gasteiger partial charge in [0.15, 0.2) is 0 Å². The Bertz CT molecular complexity index is 129. The zero-order valence-corrected chi connectivity index (χ0v) is 7.40. The van der Waals surface area contributed by atoms with Gasteiger partial charge in [0.2, 0.25) is 5.92 Å². The molecule has 0 nitrogen and oxygen atoms in total. The molecule has 0 unspecified atom stereocenters. The van der Waals surface area contributed by atoms with Crippen LogP contribution in [0.25, 0.3) is 0 Å². The molecule has 1 aliphatic rings. The van der Waals surface area contributed by atoms with Crippen LogP contribution in [0, 0.1) is 17.8 Å². The van der Waals surface area contributed by atoms with Gasteiger partial charge in [-0.1, -0.05) is 13.8 Å². The Morgan fingerprint density at radius 3 is 2.00 bits per heavy atom. The zero-order valence-electron chi connectivity index (χ0n) is 7.40. The molecule has 1 fully saturated rings. The number of hydrogen-bond acceptors (Lipinski definition) is 0. The van der Waals surface area contributed by atoms with Crippen LogP contribution in [0.15, 0.2) is 0 Å². The van der Waals surface area contributed by atoms with Crippen molar-refractivity contribution in [3.05, 3.63) is 0 Å². The monoisotopic (exact) mass is 162 g/mol. The molecule has 0 spiro atoms. The summed E-state index contributed by atoms with van der Waals surface area (Å²) in [6, 6.07) is 0. The lowest BCUT2D eigenvalue weighted by Crippen LogP contribution is -2.38. The van der Waals surface area contributed by atoms with Gasteiger partial charge < -0.3 is 0 Å². The first-order chi connectivity index (χ1) is 4.91. The smallest absolute Gasteiger partial charge is 0.207 e. The Hall–Kier alpha value is -0.140. The van der Waals surface area contributed by atoms with Crippen molar-refractivity contribution in [3.8, 4) is 0 Å². The van der Waals surface area contributed by atoms with E-state index in [-0.39, 0.29) is 5.92 Å². The van der Waals surface area contributed by atoms with E-state index in [9.17, 15) is 8.78 Å². The summed E-state index contributed by atoms with van der Waals surface area (Å²) < 4.78 is 25.2. The lowest BCUT2D eigenvalue weighted by atomic mass is 9.67. The Labute approximate surface area is 67.0 Å². The Morgan fingerprint density at radius 1 is 1.27 bits per heavy atom. The maximum absolute atomic E-state index is 12.6. The van der Waals surface area contributed by atoms with Gasteiger partial charge in [0.05, 0.1) is 0 Å². The second-order valence-electron chi connectivity index (χ2n) is 4.13. The van der Waals surface area contributed by atoms with E-state index < -0.39 is 5.92 Å². The minimum atomic E-state index is -2.44. The summed E-state index contributed by atoms with van der Waals surface area (Å²) in [5.74, 6) is -1.65. The maximum Gasteiger partial charge on any atom is 0.248 e. The van der Waals surface area contributed by atoms with Crippen LogP contribution in [0.3, 0.4) is 0 Å². The first-order valence-electron chi connectivity index (χ1n) is 4.29. The molecule has 0 aromatic rings. The van der Waals surface area contributed by atoms with E-state index in [4.69, 9.17) is 0 Å². The molecule has 0 atom stereocenters. The predicted octanol–water partition coefficient (Wildman–Crippen LogP) is 3.32. The summed E-state index contributed by atoms with van der Waals surface area (Å²) in [5.41, 5.74) is 0. The van der Waals surface area contributed by atoms with Crippen LogP contribution in [-0.4, -0.2) is 5.92 Å². The molecular weight excluding hydrogens is 146 g/mol. The van der Waals surface area contributed by atoms with Crippen LogP contribution in [0.1, 0.15) is 33.6 Å². The molecule has 1 rings (SSSR count). The summed E-state index contributed by atoms with van der Waals surface area (Å²) in [4.78, 5) is 0. The number of rotatable bonds is 2. The van der Waals surface area contributed by atoms with E-state index in [0.29, 0.717) is 11.8 Å². The Morgan fingerprint density at radius 2 is 1.73 bits per heavy atom. The fraction of sp³-hybridized carbons (Fsp3) is 1.00. The van der Waals surface area contributed by atoms with E-state index >= 15 is 0 Å².